The highest BCUT2D eigenvalue weighted by molar-refractivity contribution is 7.86. The van der Waals surface area contributed by atoms with Crippen LogP contribution in [-0.4, -0.2) is 59.7 Å². The maximum absolute atomic E-state index is 12.4. The smallest absolute Gasteiger partial charge is 0.282 e. The van der Waals surface area contributed by atoms with Gasteiger partial charge < -0.3 is 4.74 Å². The molecule has 0 unspecified atom stereocenters. The summed E-state index contributed by atoms with van der Waals surface area (Å²) in [5.74, 6) is 0. The van der Waals surface area contributed by atoms with Crippen LogP contribution in [0.15, 0.2) is 12.3 Å². The van der Waals surface area contributed by atoms with Crippen molar-refractivity contribution in [3.05, 3.63) is 18.0 Å². The first kappa shape index (κ1) is 12.1. The molecule has 1 aromatic heterocycles. The molecule has 0 bridgehead atoms. The van der Waals surface area contributed by atoms with E-state index < -0.39 is 10.2 Å². The zero-order chi connectivity index (χ0) is 12.6. The van der Waals surface area contributed by atoms with E-state index in [-0.39, 0.29) is 0 Å². The summed E-state index contributed by atoms with van der Waals surface area (Å²) in [6, 6.07) is 1.86. The minimum absolute atomic E-state index is 0.402. The maximum Gasteiger partial charge on any atom is 0.282 e. The van der Waals surface area contributed by atoms with Gasteiger partial charge in [-0.05, 0) is 6.07 Å². The fraction of sp³-hybridized carbons (Fsp3) is 0.700. The second kappa shape index (κ2) is 4.61. The molecule has 100 valence electrons. The van der Waals surface area contributed by atoms with Crippen molar-refractivity contribution in [3.63, 3.8) is 0 Å². The Morgan fingerprint density at radius 2 is 1.89 bits per heavy atom. The van der Waals surface area contributed by atoms with Gasteiger partial charge in [-0.3, -0.25) is 4.68 Å². The summed E-state index contributed by atoms with van der Waals surface area (Å²) < 4.78 is 34.9. The first-order valence-corrected chi connectivity index (χ1v) is 7.41. The van der Waals surface area contributed by atoms with Crippen LogP contribution in [0.3, 0.4) is 0 Å². The van der Waals surface area contributed by atoms with Crippen molar-refractivity contribution in [2.45, 2.75) is 13.1 Å². The van der Waals surface area contributed by atoms with Crippen LogP contribution in [0.25, 0.3) is 0 Å². The second-order valence-corrected chi connectivity index (χ2v) is 6.33. The second-order valence-electron chi connectivity index (χ2n) is 4.40. The van der Waals surface area contributed by atoms with E-state index in [1.165, 1.54) is 8.61 Å². The molecule has 0 aliphatic carbocycles. The summed E-state index contributed by atoms with van der Waals surface area (Å²) in [5, 5.41) is 4.15. The van der Waals surface area contributed by atoms with Gasteiger partial charge in [0.15, 0.2) is 0 Å². The number of fused-ring (bicyclic) bond motifs is 1. The van der Waals surface area contributed by atoms with Gasteiger partial charge in [0.05, 0.1) is 32.0 Å². The molecule has 8 heteroatoms. The normalized spacial score (nSPS) is 22.9. The Balaban J connectivity index is 1.78. The molecule has 3 rings (SSSR count). The van der Waals surface area contributed by atoms with E-state index in [2.05, 4.69) is 5.10 Å². The van der Waals surface area contributed by atoms with Gasteiger partial charge in [0.1, 0.15) is 0 Å². The van der Waals surface area contributed by atoms with Gasteiger partial charge in [-0.15, -0.1) is 0 Å². The summed E-state index contributed by atoms with van der Waals surface area (Å²) in [7, 11) is -3.36. The van der Waals surface area contributed by atoms with Crippen LogP contribution >= 0.6 is 0 Å². The zero-order valence-corrected chi connectivity index (χ0v) is 10.8. The molecule has 0 N–H and O–H groups in total. The van der Waals surface area contributed by atoms with Crippen LogP contribution in [0.1, 0.15) is 5.69 Å². The van der Waals surface area contributed by atoms with Crippen LogP contribution in [0, 0.1) is 0 Å². The lowest BCUT2D eigenvalue weighted by Crippen LogP contribution is -2.50. The molecule has 0 spiro atoms. The third-order valence-electron chi connectivity index (χ3n) is 3.33. The fourth-order valence-corrected chi connectivity index (χ4v) is 3.84. The Morgan fingerprint density at radius 3 is 2.67 bits per heavy atom. The van der Waals surface area contributed by atoms with E-state index in [0.29, 0.717) is 45.9 Å². The van der Waals surface area contributed by atoms with Gasteiger partial charge in [0, 0.05) is 25.8 Å². The SMILES string of the molecule is O=S(=O)(N1CCOCC1)N1CCn2nccc2C1. The molecule has 0 radical (unpaired) electrons. The van der Waals surface area contributed by atoms with Gasteiger partial charge in [-0.2, -0.15) is 22.1 Å². The summed E-state index contributed by atoms with van der Waals surface area (Å²) in [6.07, 6.45) is 1.71. The quantitative estimate of drug-likeness (QED) is 0.712. The topological polar surface area (TPSA) is 67.7 Å². The Hall–Kier alpha value is -0.960. The number of morpholine rings is 1. The third kappa shape index (κ3) is 2.05. The monoisotopic (exact) mass is 272 g/mol. The van der Waals surface area contributed by atoms with E-state index in [1.54, 1.807) is 6.20 Å². The van der Waals surface area contributed by atoms with Gasteiger partial charge in [0.25, 0.3) is 10.2 Å². The average Bonchev–Trinajstić information content (AvgIpc) is 2.87. The molecule has 18 heavy (non-hydrogen) atoms. The summed E-state index contributed by atoms with van der Waals surface area (Å²) in [4.78, 5) is 0. The molecule has 0 aromatic carbocycles. The molecule has 2 aliphatic rings. The van der Waals surface area contributed by atoms with Crippen LogP contribution < -0.4 is 0 Å². The van der Waals surface area contributed by atoms with Gasteiger partial charge in [-0.1, -0.05) is 0 Å². The van der Waals surface area contributed by atoms with Crippen LogP contribution in [0.4, 0.5) is 0 Å². The highest BCUT2D eigenvalue weighted by Gasteiger charge is 2.33. The maximum atomic E-state index is 12.4. The Morgan fingerprint density at radius 1 is 1.11 bits per heavy atom. The van der Waals surface area contributed by atoms with Gasteiger partial charge >= 0.3 is 0 Å². The molecule has 0 saturated carbocycles. The predicted octanol–water partition coefficient (Wildman–Crippen LogP) is -0.724. The lowest BCUT2D eigenvalue weighted by atomic mass is 10.3. The molecule has 7 nitrogen and oxygen atoms in total. The molecule has 3 heterocycles. The Labute approximate surface area is 106 Å². The van der Waals surface area contributed by atoms with E-state index >= 15 is 0 Å². The van der Waals surface area contributed by atoms with Crippen molar-refractivity contribution < 1.29 is 13.2 Å². The lowest BCUT2D eigenvalue weighted by molar-refractivity contribution is 0.0695. The van der Waals surface area contributed by atoms with E-state index in [4.69, 9.17) is 4.74 Å². The Kier molecular flexibility index (Phi) is 3.10. The number of aromatic nitrogens is 2. The molecule has 1 saturated heterocycles. The average molecular weight is 272 g/mol. The molecule has 1 aromatic rings. The van der Waals surface area contributed by atoms with Crippen LogP contribution in [0.5, 0.6) is 0 Å². The summed E-state index contributed by atoms with van der Waals surface area (Å²) in [6.45, 7) is 3.34. The van der Waals surface area contributed by atoms with Crippen molar-refractivity contribution >= 4 is 10.2 Å². The third-order valence-corrected chi connectivity index (χ3v) is 5.31. The van der Waals surface area contributed by atoms with E-state index in [0.717, 1.165) is 5.69 Å². The largest absolute Gasteiger partial charge is 0.379 e. The summed E-state index contributed by atoms with van der Waals surface area (Å²) >= 11 is 0. The molecular formula is C10H16N4O3S. The van der Waals surface area contributed by atoms with Gasteiger partial charge in [0.2, 0.25) is 0 Å². The fourth-order valence-electron chi connectivity index (χ4n) is 2.30. The van der Waals surface area contributed by atoms with Crippen molar-refractivity contribution in [2.24, 2.45) is 0 Å². The van der Waals surface area contributed by atoms with Crippen LogP contribution in [0.2, 0.25) is 0 Å². The number of rotatable bonds is 2. The number of hydrogen-bond donors (Lipinski definition) is 0. The van der Waals surface area contributed by atoms with Crippen molar-refractivity contribution in [2.75, 3.05) is 32.8 Å². The lowest BCUT2D eigenvalue weighted by Gasteiger charge is -2.34. The molecule has 0 atom stereocenters. The van der Waals surface area contributed by atoms with Crippen molar-refractivity contribution in [1.82, 2.24) is 18.4 Å². The van der Waals surface area contributed by atoms with E-state index in [9.17, 15) is 8.42 Å². The minimum Gasteiger partial charge on any atom is -0.379 e. The predicted molar refractivity (Wildman–Crippen MR) is 63.9 cm³/mol. The van der Waals surface area contributed by atoms with Gasteiger partial charge in [-0.25, -0.2) is 0 Å². The molecular weight excluding hydrogens is 256 g/mol. The van der Waals surface area contributed by atoms with Crippen molar-refractivity contribution in [3.8, 4) is 0 Å². The minimum atomic E-state index is -3.36. The van der Waals surface area contributed by atoms with E-state index in [1.807, 2.05) is 10.7 Å². The number of nitrogens with zero attached hydrogens (tertiary/aromatic N) is 4. The van der Waals surface area contributed by atoms with Crippen molar-refractivity contribution in [1.29, 1.82) is 0 Å². The highest BCUT2D eigenvalue weighted by atomic mass is 32.2. The first-order valence-electron chi connectivity index (χ1n) is 6.01. The first-order chi connectivity index (χ1) is 8.68. The number of ether oxygens (including phenoxy) is 1. The molecule has 1 fully saturated rings. The zero-order valence-electron chi connectivity index (χ0n) is 10.0. The number of hydrogen-bond acceptors (Lipinski definition) is 4. The Bertz CT molecular complexity index is 521. The molecule has 0 amide bonds. The molecule has 2 aliphatic heterocycles. The van der Waals surface area contributed by atoms with Crippen LogP contribution in [-0.2, 0) is 28.0 Å². The summed E-state index contributed by atoms with van der Waals surface area (Å²) in [5.41, 5.74) is 0.943. The highest BCUT2D eigenvalue weighted by Crippen LogP contribution is 2.18. The standard InChI is InChI=1S/C10H16N4O3S/c15-18(16,12-5-7-17-8-6-12)13-3-4-14-10(9-13)1-2-11-14/h1-2H,3-9H2.